The van der Waals surface area contributed by atoms with E-state index in [1.807, 2.05) is 0 Å². The maximum atomic E-state index is 5.64. The van der Waals surface area contributed by atoms with Crippen LogP contribution in [0.1, 0.15) is 60.3 Å². The number of aryl methyl sites for hydroxylation is 1. The molecule has 4 heteroatoms. The molecule has 1 aromatic heterocycles. The Hall–Kier alpha value is -3.16. The normalized spacial score (nSPS) is 15.8. The monoisotopic (exact) mass is 464 g/mol. The highest BCUT2D eigenvalue weighted by Gasteiger charge is 2.26. The predicted octanol–water partition coefficient (Wildman–Crippen LogP) is 5.87. The van der Waals surface area contributed by atoms with E-state index >= 15 is 0 Å². The van der Waals surface area contributed by atoms with Gasteiger partial charge in [0.25, 0.3) is 0 Å². The van der Waals surface area contributed by atoms with Crippen molar-refractivity contribution in [3.8, 4) is 23.5 Å². The maximum Gasteiger partial charge on any atom is 0.137 e. The minimum Gasteiger partial charge on any atom is -0.369 e. The highest BCUT2D eigenvalue weighted by atomic mass is 15.1. The van der Waals surface area contributed by atoms with Crippen LogP contribution < -0.4 is 5.32 Å². The summed E-state index contributed by atoms with van der Waals surface area (Å²) in [7, 11) is 0. The fourth-order valence-corrected chi connectivity index (χ4v) is 5.54. The smallest absolute Gasteiger partial charge is 0.137 e. The fourth-order valence-electron chi connectivity index (χ4n) is 5.54. The number of nitrogens with zero attached hydrogens (tertiary/aromatic N) is 3. The minimum absolute atomic E-state index is 0.506. The van der Waals surface area contributed by atoms with Crippen molar-refractivity contribution in [2.45, 2.75) is 51.9 Å². The first-order valence-corrected chi connectivity index (χ1v) is 13.1. The van der Waals surface area contributed by atoms with Crippen molar-refractivity contribution in [2.24, 2.45) is 5.92 Å². The molecule has 0 spiro atoms. The maximum absolute atomic E-state index is 5.64. The number of fused-ring (bicyclic) bond motifs is 3. The second-order valence-corrected chi connectivity index (χ2v) is 10.2. The number of hydrogen-bond acceptors (Lipinski definition) is 4. The molecular formula is C31H36N4. The topological polar surface area (TPSA) is 41.1 Å². The van der Waals surface area contributed by atoms with Gasteiger partial charge >= 0.3 is 0 Å². The van der Waals surface area contributed by atoms with Gasteiger partial charge in [-0.2, -0.15) is 0 Å². The van der Waals surface area contributed by atoms with Gasteiger partial charge in [0.2, 0.25) is 0 Å². The second-order valence-electron chi connectivity index (χ2n) is 10.2. The zero-order valence-electron chi connectivity index (χ0n) is 20.9. The number of likely N-dealkylation sites (tertiary alicyclic amines) is 1. The number of piperidine rings is 1. The molecular weight excluding hydrogens is 428 g/mol. The Morgan fingerprint density at radius 3 is 2.69 bits per heavy atom. The van der Waals surface area contributed by atoms with E-state index in [-0.39, 0.29) is 0 Å². The predicted molar refractivity (Wildman–Crippen MR) is 145 cm³/mol. The lowest BCUT2D eigenvalue weighted by Gasteiger charge is -2.30. The van der Waals surface area contributed by atoms with Gasteiger partial charge in [0.1, 0.15) is 11.6 Å². The molecule has 1 saturated heterocycles. The van der Waals surface area contributed by atoms with Gasteiger partial charge in [0.05, 0.1) is 5.69 Å². The highest BCUT2D eigenvalue weighted by Crippen LogP contribution is 2.40. The van der Waals surface area contributed by atoms with Crippen LogP contribution in [-0.4, -0.2) is 41.0 Å². The summed E-state index contributed by atoms with van der Waals surface area (Å²) in [6.07, 6.45) is 13.1. The molecule has 3 aromatic rings. The zero-order chi connectivity index (χ0) is 24.0. The molecule has 1 unspecified atom stereocenters. The first-order chi connectivity index (χ1) is 17.2. The lowest BCUT2D eigenvalue weighted by atomic mass is 10.0. The molecule has 1 atom stereocenters. The van der Waals surface area contributed by atoms with E-state index in [0.717, 1.165) is 56.1 Å². The third kappa shape index (κ3) is 5.74. The number of aromatic nitrogens is 2. The van der Waals surface area contributed by atoms with E-state index in [1.165, 1.54) is 60.2 Å². The van der Waals surface area contributed by atoms with Gasteiger partial charge in [-0.05, 0) is 61.9 Å². The van der Waals surface area contributed by atoms with E-state index in [4.69, 9.17) is 16.4 Å². The van der Waals surface area contributed by atoms with Gasteiger partial charge in [-0.15, -0.1) is 12.3 Å². The fraction of sp³-hybridized carbons (Fsp3) is 0.419. The van der Waals surface area contributed by atoms with Gasteiger partial charge in [-0.3, -0.25) is 0 Å². The summed E-state index contributed by atoms with van der Waals surface area (Å²) in [5.41, 5.74) is 7.49. The number of hydrogen-bond donors (Lipinski definition) is 1. The average molecular weight is 465 g/mol. The third-order valence-electron chi connectivity index (χ3n) is 7.34. The Morgan fingerprint density at radius 2 is 1.89 bits per heavy atom. The summed E-state index contributed by atoms with van der Waals surface area (Å²) in [4.78, 5) is 12.7. The SMILES string of the molecule is C#CCCC(CNc1nc(Cc2ccccc2)nc2c1-c1ccc(C)cc1C2)CN1CCCCC1. The van der Waals surface area contributed by atoms with Crippen molar-refractivity contribution in [3.05, 3.63) is 76.7 Å². The molecule has 2 aliphatic rings. The number of nitrogens with one attached hydrogen (secondary N) is 1. The molecule has 180 valence electrons. The van der Waals surface area contributed by atoms with Crippen molar-refractivity contribution in [3.63, 3.8) is 0 Å². The van der Waals surface area contributed by atoms with E-state index in [2.05, 4.69) is 71.6 Å². The van der Waals surface area contributed by atoms with Crippen LogP contribution in [0.3, 0.4) is 0 Å². The van der Waals surface area contributed by atoms with Crippen LogP contribution in [0.5, 0.6) is 0 Å². The van der Waals surface area contributed by atoms with E-state index < -0.39 is 0 Å². The Balaban J connectivity index is 1.41. The van der Waals surface area contributed by atoms with Crippen LogP contribution in [0.15, 0.2) is 48.5 Å². The molecule has 2 aromatic carbocycles. The standard InChI is InChI=1S/C31H36N4/c1-3-4-11-25(22-35-16-9-6-10-17-35)21-32-31-30-27-15-14-23(2)18-26(27)20-28(30)33-29(34-31)19-24-12-7-5-8-13-24/h1,5,7-8,12-15,18,25H,4,6,9-11,16-17,19-22H2,2H3,(H,32,33,34). The van der Waals surface area contributed by atoms with Gasteiger partial charge < -0.3 is 10.2 Å². The van der Waals surface area contributed by atoms with Crippen LogP contribution >= 0.6 is 0 Å². The van der Waals surface area contributed by atoms with Gasteiger partial charge in [-0.25, -0.2) is 9.97 Å². The molecule has 35 heavy (non-hydrogen) atoms. The Kier molecular flexibility index (Phi) is 7.45. The van der Waals surface area contributed by atoms with Crippen molar-refractivity contribution in [1.82, 2.24) is 14.9 Å². The van der Waals surface area contributed by atoms with Crippen molar-refractivity contribution in [1.29, 1.82) is 0 Å². The van der Waals surface area contributed by atoms with Gasteiger partial charge in [0.15, 0.2) is 0 Å². The summed E-state index contributed by atoms with van der Waals surface area (Å²) in [6.45, 7) is 6.57. The first kappa shape index (κ1) is 23.6. The summed E-state index contributed by atoms with van der Waals surface area (Å²) >= 11 is 0. The lowest BCUT2D eigenvalue weighted by Crippen LogP contribution is -2.36. The van der Waals surface area contributed by atoms with Crippen LogP contribution in [-0.2, 0) is 12.8 Å². The number of rotatable bonds is 9. The van der Waals surface area contributed by atoms with Crippen LogP contribution in [0.4, 0.5) is 5.82 Å². The Labute approximate surface area is 210 Å². The molecule has 1 aliphatic heterocycles. The molecule has 0 saturated carbocycles. The molecule has 5 rings (SSSR count). The summed E-state index contributed by atoms with van der Waals surface area (Å²) < 4.78 is 0. The summed E-state index contributed by atoms with van der Waals surface area (Å²) in [5.74, 6) is 5.23. The van der Waals surface area contributed by atoms with Crippen LogP contribution in [0.25, 0.3) is 11.1 Å². The molecule has 0 radical (unpaired) electrons. The third-order valence-corrected chi connectivity index (χ3v) is 7.34. The Morgan fingerprint density at radius 1 is 1.06 bits per heavy atom. The average Bonchev–Trinajstić information content (AvgIpc) is 3.24. The van der Waals surface area contributed by atoms with Crippen LogP contribution in [0, 0.1) is 25.2 Å². The highest BCUT2D eigenvalue weighted by molar-refractivity contribution is 5.84. The Bertz CT molecular complexity index is 1190. The van der Waals surface area contributed by atoms with Gasteiger partial charge in [-0.1, -0.05) is 60.5 Å². The second kappa shape index (κ2) is 11.1. The van der Waals surface area contributed by atoms with E-state index in [1.54, 1.807) is 0 Å². The zero-order valence-corrected chi connectivity index (χ0v) is 20.9. The van der Waals surface area contributed by atoms with Crippen LogP contribution in [0.2, 0.25) is 0 Å². The summed E-state index contributed by atoms with van der Waals surface area (Å²) in [5, 5.41) is 3.78. The minimum atomic E-state index is 0.506. The molecule has 2 heterocycles. The van der Waals surface area contributed by atoms with Gasteiger partial charge in [0, 0.05) is 37.9 Å². The molecule has 1 aliphatic carbocycles. The van der Waals surface area contributed by atoms with Crippen molar-refractivity contribution >= 4 is 5.82 Å². The lowest BCUT2D eigenvalue weighted by molar-refractivity contribution is 0.195. The quantitative estimate of drug-likeness (QED) is 0.314. The molecule has 0 amide bonds. The molecule has 4 nitrogen and oxygen atoms in total. The van der Waals surface area contributed by atoms with E-state index in [9.17, 15) is 0 Å². The first-order valence-electron chi connectivity index (χ1n) is 13.1. The largest absolute Gasteiger partial charge is 0.369 e. The molecule has 1 N–H and O–H groups in total. The molecule has 0 bridgehead atoms. The number of benzene rings is 2. The van der Waals surface area contributed by atoms with E-state index in [0.29, 0.717) is 5.92 Å². The van der Waals surface area contributed by atoms with Crippen molar-refractivity contribution in [2.75, 3.05) is 31.5 Å². The number of anilines is 1. The van der Waals surface area contributed by atoms with Crippen molar-refractivity contribution < 1.29 is 0 Å². The number of terminal acetylenes is 1. The molecule has 1 fully saturated rings. The summed E-state index contributed by atoms with van der Waals surface area (Å²) in [6, 6.07) is 17.2.